The summed E-state index contributed by atoms with van der Waals surface area (Å²) >= 11 is 14.7. The van der Waals surface area contributed by atoms with Crippen LogP contribution in [0, 0.1) is 17.8 Å². The van der Waals surface area contributed by atoms with Crippen LogP contribution in [0.15, 0.2) is 15.0 Å². The van der Waals surface area contributed by atoms with E-state index in [4.69, 9.17) is 36.7 Å². The van der Waals surface area contributed by atoms with Crippen molar-refractivity contribution in [1.82, 2.24) is 0 Å². The first-order valence-electron chi connectivity index (χ1n) is 13.5. The second-order valence-corrected chi connectivity index (χ2v) is 11.4. The van der Waals surface area contributed by atoms with Gasteiger partial charge >= 0.3 is 0 Å². The minimum absolute atomic E-state index is 0.638. The van der Waals surface area contributed by atoms with E-state index in [0.29, 0.717) is 37.4 Å². The van der Waals surface area contributed by atoms with Gasteiger partial charge in [-0.2, -0.15) is 0 Å². The summed E-state index contributed by atoms with van der Waals surface area (Å²) in [4.78, 5) is 12.9. The minimum atomic E-state index is 0.638. The second-order valence-electron chi connectivity index (χ2n) is 10.8. The van der Waals surface area contributed by atoms with Gasteiger partial charge in [-0.25, -0.2) is 15.0 Å². The number of aliphatic imine (C=N–C) groups is 3. The Kier molecular flexibility index (Phi) is 17.1. The Morgan fingerprint density at radius 3 is 0.861 bits per heavy atom. The lowest BCUT2D eigenvalue weighted by Crippen LogP contribution is -2.18. The molecule has 0 aliphatic carbocycles. The van der Waals surface area contributed by atoms with Crippen molar-refractivity contribution in [2.45, 2.75) is 99.3 Å². The number of hydrogen-bond acceptors (Lipinski definition) is 6. The van der Waals surface area contributed by atoms with E-state index in [1.807, 2.05) is 0 Å². The predicted molar refractivity (Wildman–Crippen MR) is 167 cm³/mol. The first kappa shape index (κ1) is 32.6. The van der Waals surface area contributed by atoms with Crippen molar-refractivity contribution in [3.63, 3.8) is 0 Å². The fraction of sp³-hybridized carbons (Fsp3) is 0.700. The molecule has 0 unspecified atom stereocenters. The lowest BCUT2D eigenvalue weighted by Gasteiger charge is -2.28. The molecule has 3 nitrogen and oxygen atoms in total. The quantitative estimate of drug-likeness (QED) is 0.138. The summed E-state index contributed by atoms with van der Waals surface area (Å²) in [5.74, 6) is 1.91. The highest BCUT2D eigenvalue weighted by Gasteiger charge is 2.23. The van der Waals surface area contributed by atoms with Gasteiger partial charge in [0, 0.05) is 0 Å². The van der Waals surface area contributed by atoms with E-state index in [1.165, 1.54) is 33.4 Å². The molecule has 1 rings (SSSR count). The molecule has 0 aromatic heterocycles. The molecule has 36 heavy (non-hydrogen) atoms. The molecule has 0 saturated heterocycles. The molecule has 0 heterocycles. The van der Waals surface area contributed by atoms with E-state index in [0.717, 1.165) is 57.8 Å². The summed E-state index contributed by atoms with van der Waals surface area (Å²) in [6, 6.07) is 0. The molecule has 1 aromatic rings. The van der Waals surface area contributed by atoms with Crippen molar-refractivity contribution in [3.8, 4) is 0 Å². The Morgan fingerprint density at radius 1 is 0.444 bits per heavy atom. The van der Waals surface area contributed by atoms with Gasteiger partial charge in [-0.15, -0.1) is 0 Å². The van der Waals surface area contributed by atoms with E-state index >= 15 is 0 Å². The highest BCUT2D eigenvalue weighted by molar-refractivity contribution is 7.78. The second kappa shape index (κ2) is 18.8. The molecule has 1 aromatic carbocycles. The molecule has 198 valence electrons. The van der Waals surface area contributed by atoms with Crippen LogP contribution in [0.2, 0.25) is 0 Å². The molecular weight excluding hydrogens is 499 g/mol. The van der Waals surface area contributed by atoms with Gasteiger partial charge in [-0.05, 0) is 146 Å². The van der Waals surface area contributed by atoms with Gasteiger partial charge in [0.05, 0.1) is 35.1 Å². The number of thiocarbonyl (C=S) groups is 3. The summed E-state index contributed by atoms with van der Waals surface area (Å²) in [7, 11) is 0. The fourth-order valence-corrected chi connectivity index (χ4v) is 5.12. The Morgan fingerprint density at radius 2 is 0.667 bits per heavy atom. The van der Waals surface area contributed by atoms with Crippen molar-refractivity contribution in [2.75, 3.05) is 19.6 Å². The van der Waals surface area contributed by atoms with Crippen LogP contribution in [0.25, 0.3) is 0 Å². The third kappa shape index (κ3) is 11.8. The van der Waals surface area contributed by atoms with E-state index in [2.05, 4.69) is 72.0 Å². The van der Waals surface area contributed by atoms with Gasteiger partial charge in [0.15, 0.2) is 0 Å². The average Bonchev–Trinajstić information content (AvgIpc) is 2.82. The Labute approximate surface area is 236 Å². The van der Waals surface area contributed by atoms with Crippen molar-refractivity contribution in [3.05, 3.63) is 33.4 Å². The lowest BCUT2D eigenvalue weighted by atomic mass is 9.77. The van der Waals surface area contributed by atoms with Gasteiger partial charge < -0.3 is 0 Å². The van der Waals surface area contributed by atoms with Crippen LogP contribution >= 0.6 is 36.7 Å². The summed E-state index contributed by atoms with van der Waals surface area (Å²) in [5.41, 5.74) is 8.97. The number of isothiocyanates is 3. The Balaban J connectivity index is 3.99. The maximum Gasteiger partial charge on any atom is 0.0585 e. The monoisotopic (exact) mass is 543 g/mol. The van der Waals surface area contributed by atoms with Crippen LogP contribution < -0.4 is 0 Å². The third-order valence-electron chi connectivity index (χ3n) is 6.72. The zero-order valence-corrected chi connectivity index (χ0v) is 25.7. The largest absolute Gasteiger partial charge is 0.232 e. The normalized spacial score (nSPS) is 10.9. The minimum Gasteiger partial charge on any atom is -0.232 e. The molecule has 0 N–H and O–H groups in total. The maximum absolute atomic E-state index is 4.90. The summed E-state index contributed by atoms with van der Waals surface area (Å²) < 4.78 is 0. The molecule has 0 saturated carbocycles. The van der Waals surface area contributed by atoms with E-state index in [9.17, 15) is 0 Å². The molecule has 0 amide bonds. The first-order valence-corrected chi connectivity index (χ1v) is 14.8. The Hall–Kier alpha value is -1.38. The molecule has 0 aliphatic rings. The van der Waals surface area contributed by atoms with Gasteiger partial charge in [0.1, 0.15) is 0 Å². The standard InChI is InChI=1S/C30H45N3S3/c1-22(2)7-10-25-28(13-16-31-19-34)26(11-8-23(3)4)30(15-18-33-21-36)27(12-9-24(5)6)29(25)14-17-32-20-35/h22-24H,7-18H2,1-6H3. The van der Waals surface area contributed by atoms with E-state index in [1.54, 1.807) is 0 Å². The SMILES string of the molecule is CC(C)CCc1c(CCN=C=S)c(CCC(C)C)c(CCN=C=S)c(CCC(C)C)c1CCN=C=S. The van der Waals surface area contributed by atoms with Crippen LogP contribution in [0.3, 0.4) is 0 Å². The van der Waals surface area contributed by atoms with Crippen molar-refractivity contribution in [1.29, 1.82) is 0 Å². The molecule has 0 fully saturated rings. The zero-order valence-electron chi connectivity index (χ0n) is 23.3. The maximum atomic E-state index is 4.90. The molecule has 0 spiro atoms. The summed E-state index contributed by atoms with van der Waals surface area (Å²) in [6.07, 6.45) is 9.38. The van der Waals surface area contributed by atoms with Gasteiger partial charge in [0.25, 0.3) is 0 Å². The van der Waals surface area contributed by atoms with Gasteiger partial charge in [0.2, 0.25) is 0 Å². The van der Waals surface area contributed by atoms with Crippen LogP contribution in [-0.4, -0.2) is 35.1 Å². The summed E-state index contributed by atoms with van der Waals surface area (Å²) in [6.45, 7) is 15.9. The highest BCUT2D eigenvalue weighted by Crippen LogP contribution is 2.35. The van der Waals surface area contributed by atoms with Gasteiger partial charge in [-0.3, -0.25) is 0 Å². The lowest BCUT2D eigenvalue weighted by molar-refractivity contribution is 0.565. The van der Waals surface area contributed by atoms with Crippen molar-refractivity contribution in [2.24, 2.45) is 32.7 Å². The number of benzene rings is 1. The average molecular weight is 544 g/mol. The molecule has 0 bridgehead atoms. The first-order chi connectivity index (χ1) is 17.3. The molecule has 0 atom stereocenters. The van der Waals surface area contributed by atoms with Crippen molar-refractivity contribution < 1.29 is 0 Å². The van der Waals surface area contributed by atoms with Crippen LogP contribution in [0.5, 0.6) is 0 Å². The molecule has 6 heteroatoms. The predicted octanol–water partition coefficient (Wildman–Crippen LogP) is 8.39. The zero-order chi connectivity index (χ0) is 26.9. The molecule has 0 aliphatic heterocycles. The number of nitrogens with zero attached hydrogens (tertiary/aromatic N) is 3. The van der Waals surface area contributed by atoms with Crippen LogP contribution in [-0.2, 0) is 38.5 Å². The van der Waals surface area contributed by atoms with E-state index in [-0.39, 0.29) is 0 Å². The topological polar surface area (TPSA) is 37.1 Å². The number of hydrogen-bond donors (Lipinski definition) is 0. The van der Waals surface area contributed by atoms with E-state index < -0.39 is 0 Å². The highest BCUT2D eigenvalue weighted by atomic mass is 32.1. The summed E-state index contributed by atoms with van der Waals surface area (Å²) in [5, 5.41) is 7.72. The fourth-order valence-electron chi connectivity index (χ4n) is 4.84. The smallest absolute Gasteiger partial charge is 0.0585 e. The molecular formula is C30H45N3S3. The molecule has 0 radical (unpaired) electrons. The third-order valence-corrected chi connectivity index (χ3v) is 7.10. The Bertz CT molecular complexity index is 817. The van der Waals surface area contributed by atoms with Crippen LogP contribution in [0.4, 0.5) is 0 Å². The van der Waals surface area contributed by atoms with Crippen LogP contribution in [0.1, 0.15) is 94.2 Å². The van der Waals surface area contributed by atoms with Gasteiger partial charge in [-0.1, -0.05) is 41.5 Å². The van der Waals surface area contributed by atoms with Crippen molar-refractivity contribution >= 4 is 52.1 Å². The number of rotatable bonds is 18.